The molecule has 3 rings (SSSR count). The molecule has 7 heteroatoms. The van der Waals surface area contributed by atoms with Crippen LogP contribution in [0.15, 0.2) is 58.5 Å². The van der Waals surface area contributed by atoms with Crippen LogP contribution < -0.4 is 10.2 Å². The lowest BCUT2D eigenvalue weighted by Crippen LogP contribution is -2.33. The minimum Gasteiger partial charge on any atom is -0.467 e. The van der Waals surface area contributed by atoms with Gasteiger partial charge in [-0.2, -0.15) is 0 Å². The lowest BCUT2D eigenvalue weighted by Gasteiger charge is -2.27. The van der Waals surface area contributed by atoms with Crippen molar-refractivity contribution in [3.05, 3.63) is 70.3 Å². The van der Waals surface area contributed by atoms with Gasteiger partial charge in [0.1, 0.15) is 5.76 Å². The predicted molar refractivity (Wildman–Crippen MR) is 121 cm³/mol. The molecule has 2 amide bonds. The molecule has 0 atom stereocenters. The number of nitrogens with one attached hydrogen (secondary N) is 1. The van der Waals surface area contributed by atoms with E-state index in [4.69, 9.17) is 4.42 Å². The SMILES string of the molecule is CC(C)C(=O)N(Cc1ccco1)Cc1cc(NC(=O)c2cccs2)ccc1N(C)C. The van der Waals surface area contributed by atoms with Gasteiger partial charge in [0, 0.05) is 37.9 Å². The normalized spacial score (nSPS) is 10.8. The van der Waals surface area contributed by atoms with Crippen LogP contribution in [-0.4, -0.2) is 30.8 Å². The molecule has 30 heavy (non-hydrogen) atoms. The number of carbonyl (C=O) groups excluding carboxylic acids is 2. The Hall–Kier alpha value is -3.06. The Labute approximate surface area is 181 Å². The summed E-state index contributed by atoms with van der Waals surface area (Å²) in [5.74, 6) is 0.505. The summed E-state index contributed by atoms with van der Waals surface area (Å²) < 4.78 is 5.47. The number of anilines is 2. The highest BCUT2D eigenvalue weighted by molar-refractivity contribution is 7.12. The zero-order chi connectivity index (χ0) is 21.7. The third-order valence-corrected chi connectivity index (χ3v) is 5.53. The minimum atomic E-state index is -0.140. The monoisotopic (exact) mass is 425 g/mol. The Kier molecular flexibility index (Phi) is 6.95. The average Bonchev–Trinajstić information content (AvgIpc) is 3.41. The van der Waals surface area contributed by atoms with E-state index in [0.29, 0.717) is 23.7 Å². The molecule has 0 aliphatic rings. The van der Waals surface area contributed by atoms with Crippen molar-refractivity contribution < 1.29 is 14.0 Å². The topological polar surface area (TPSA) is 65.8 Å². The van der Waals surface area contributed by atoms with Crippen molar-refractivity contribution in [1.29, 1.82) is 0 Å². The molecule has 6 nitrogen and oxygen atoms in total. The van der Waals surface area contributed by atoms with Crippen molar-refractivity contribution in [2.75, 3.05) is 24.3 Å². The lowest BCUT2D eigenvalue weighted by molar-refractivity contribution is -0.136. The highest BCUT2D eigenvalue weighted by Gasteiger charge is 2.21. The number of carbonyl (C=O) groups is 2. The number of thiophene rings is 1. The molecule has 2 aromatic heterocycles. The highest BCUT2D eigenvalue weighted by atomic mass is 32.1. The van der Waals surface area contributed by atoms with Crippen LogP contribution in [0.2, 0.25) is 0 Å². The molecule has 0 saturated heterocycles. The number of benzene rings is 1. The first-order valence-corrected chi connectivity index (χ1v) is 10.7. The maximum absolute atomic E-state index is 12.9. The largest absolute Gasteiger partial charge is 0.467 e. The lowest BCUT2D eigenvalue weighted by atomic mass is 10.1. The van der Waals surface area contributed by atoms with Crippen LogP contribution in [0.4, 0.5) is 11.4 Å². The summed E-state index contributed by atoms with van der Waals surface area (Å²) in [7, 11) is 3.92. The molecule has 0 aliphatic heterocycles. The zero-order valence-corrected chi connectivity index (χ0v) is 18.5. The van der Waals surface area contributed by atoms with Crippen LogP contribution in [0.25, 0.3) is 0 Å². The molecule has 0 unspecified atom stereocenters. The predicted octanol–water partition coefficient (Wildman–Crippen LogP) is 4.84. The number of amides is 2. The fourth-order valence-corrected chi connectivity index (χ4v) is 3.82. The first-order valence-electron chi connectivity index (χ1n) is 9.81. The molecule has 0 aliphatic carbocycles. The molecule has 1 N–H and O–H groups in total. The molecule has 2 heterocycles. The Morgan fingerprint density at radius 2 is 1.90 bits per heavy atom. The second-order valence-electron chi connectivity index (χ2n) is 7.60. The van der Waals surface area contributed by atoms with E-state index in [1.165, 1.54) is 11.3 Å². The number of hydrogen-bond acceptors (Lipinski definition) is 5. The third kappa shape index (κ3) is 5.30. The van der Waals surface area contributed by atoms with Crippen LogP contribution in [-0.2, 0) is 17.9 Å². The van der Waals surface area contributed by atoms with Gasteiger partial charge in [0.25, 0.3) is 5.91 Å². The van der Waals surface area contributed by atoms with Gasteiger partial charge >= 0.3 is 0 Å². The van der Waals surface area contributed by atoms with Crippen LogP contribution in [0, 0.1) is 5.92 Å². The molecular weight excluding hydrogens is 398 g/mol. The molecule has 0 spiro atoms. The first-order chi connectivity index (χ1) is 14.3. The third-order valence-electron chi connectivity index (χ3n) is 4.66. The van der Waals surface area contributed by atoms with E-state index >= 15 is 0 Å². The maximum atomic E-state index is 12.9. The summed E-state index contributed by atoms with van der Waals surface area (Å²) in [6, 6.07) is 13.1. The van der Waals surface area contributed by atoms with Gasteiger partial charge in [-0.15, -0.1) is 11.3 Å². The van der Waals surface area contributed by atoms with Gasteiger partial charge in [0.15, 0.2) is 0 Å². The van der Waals surface area contributed by atoms with Gasteiger partial charge in [-0.1, -0.05) is 19.9 Å². The minimum absolute atomic E-state index is 0.0455. The average molecular weight is 426 g/mol. The van der Waals surface area contributed by atoms with E-state index in [1.54, 1.807) is 17.2 Å². The molecule has 158 valence electrons. The van der Waals surface area contributed by atoms with Gasteiger partial charge in [-0.05, 0) is 47.3 Å². The van der Waals surface area contributed by atoms with Crippen LogP contribution in [0.1, 0.15) is 34.8 Å². The summed E-state index contributed by atoms with van der Waals surface area (Å²) in [6.45, 7) is 4.58. The Balaban J connectivity index is 1.88. The molecular formula is C23H27N3O3S. The molecule has 0 fully saturated rings. The number of furan rings is 1. The standard InChI is InChI=1S/C23H27N3O3S/c1-16(2)23(28)26(15-19-7-5-11-29-19)14-17-13-18(9-10-20(17)25(3)4)24-22(27)21-8-6-12-30-21/h5-13,16H,14-15H2,1-4H3,(H,24,27). The van der Waals surface area contributed by atoms with Crippen molar-refractivity contribution in [3.63, 3.8) is 0 Å². The van der Waals surface area contributed by atoms with Crippen molar-refractivity contribution in [2.24, 2.45) is 5.92 Å². The quantitative estimate of drug-likeness (QED) is 0.561. The molecule has 0 bridgehead atoms. The van der Waals surface area contributed by atoms with Gasteiger partial charge in [0.2, 0.25) is 5.91 Å². The van der Waals surface area contributed by atoms with E-state index in [9.17, 15) is 9.59 Å². The zero-order valence-electron chi connectivity index (χ0n) is 17.7. The van der Waals surface area contributed by atoms with Gasteiger partial charge < -0.3 is 19.5 Å². The second kappa shape index (κ2) is 9.63. The summed E-state index contributed by atoms with van der Waals surface area (Å²) in [5, 5.41) is 4.83. The summed E-state index contributed by atoms with van der Waals surface area (Å²) >= 11 is 1.40. The van der Waals surface area contributed by atoms with E-state index in [1.807, 2.05) is 74.6 Å². The van der Waals surface area contributed by atoms with Gasteiger partial charge in [-0.25, -0.2) is 0 Å². The fraction of sp³-hybridized carbons (Fsp3) is 0.304. The maximum Gasteiger partial charge on any atom is 0.265 e. The summed E-state index contributed by atoms with van der Waals surface area (Å²) in [4.78, 5) is 29.8. The molecule has 3 aromatic rings. The van der Waals surface area contributed by atoms with Crippen molar-refractivity contribution >= 4 is 34.5 Å². The van der Waals surface area contributed by atoms with Crippen molar-refractivity contribution in [1.82, 2.24) is 4.90 Å². The second-order valence-corrected chi connectivity index (χ2v) is 8.55. The smallest absolute Gasteiger partial charge is 0.265 e. The van der Waals surface area contributed by atoms with E-state index in [2.05, 4.69) is 5.32 Å². The van der Waals surface area contributed by atoms with Crippen LogP contribution in [0.3, 0.4) is 0 Å². The molecule has 1 aromatic carbocycles. The number of nitrogens with zero attached hydrogens (tertiary/aromatic N) is 2. The molecule has 0 saturated carbocycles. The first kappa shape index (κ1) is 21.6. The number of hydrogen-bond donors (Lipinski definition) is 1. The fourth-order valence-electron chi connectivity index (χ4n) is 3.20. The highest BCUT2D eigenvalue weighted by Crippen LogP contribution is 2.26. The van der Waals surface area contributed by atoms with Crippen molar-refractivity contribution in [3.8, 4) is 0 Å². The van der Waals surface area contributed by atoms with Crippen LogP contribution >= 0.6 is 11.3 Å². The Bertz CT molecular complexity index is 979. The van der Waals surface area contributed by atoms with E-state index in [-0.39, 0.29) is 17.7 Å². The van der Waals surface area contributed by atoms with Crippen LogP contribution in [0.5, 0.6) is 0 Å². The molecule has 0 radical (unpaired) electrons. The van der Waals surface area contributed by atoms with E-state index in [0.717, 1.165) is 17.0 Å². The summed E-state index contributed by atoms with van der Waals surface area (Å²) in [5.41, 5.74) is 2.64. The Morgan fingerprint density at radius 1 is 1.10 bits per heavy atom. The number of rotatable bonds is 8. The van der Waals surface area contributed by atoms with Gasteiger partial charge in [0.05, 0.1) is 17.7 Å². The van der Waals surface area contributed by atoms with Crippen molar-refractivity contribution in [2.45, 2.75) is 26.9 Å². The Morgan fingerprint density at radius 3 is 2.50 bits per heavy atom. The van der Waals surface area contributed by atoms with E-state index < -0.39 is 0 Å². The van der Waals surface area contributed by atoms with Gasteiger partial charge in [-0.3, -0.25) is 9.59 Å². The summed E-state index contributed by atoms with van der Waals surface area (Å²) in [6.07, 6.45) is 1.61.